The molecule has 1 amide bonds. The highest BCUT2D eigenvalue weighted by molar-refractivity contribution is 6.32. The maximum Gasteiger partial charge on any atom is 0.261 e. The SMILES string of the molecule is C[C@@H](Oc1ccccc1Cl)C(=O)NCc1ccc(CN(C)C)cc1. The summed E-state index contributed by atoms with van der Waals surface area (Å²) in [5.74, 6) is 0.335. The lowest BCUT2D eigenvalue weighted by Crippen LogP contribution is -2.35. The number of benzene rings is 2. The van der Waals surface area contributed by atoms with Crippen LogP contribution in [0.5, 0.6) is 5.75 Å². The van der Waals surface area contributed by atoms with Gasteiger partial charge in [0, 0.05) is 13.1 Å². The Morgan fingerprint density at radius 1 is 1.12 bits per heavy atom. The number of carbonyl (C=O) groups excluding carboxylic acids is 1. The first-order valence-electron chi connectivity index (χ1n) is 7.87. The minimum atomic E-state index is -0.613. The number of rotatable bonds is 7. The van der Waals surface area contributed by atoms with Crippen molar-refractivity contribution < 1.29 is 9.53 Å². The summed E-state index contributed by atoms with van der Waals surface area (Å²) in [6.07, 6.45) is -0.613. The lowest BCUT2D eigenvalue weighted by Gasteiger charge is -2.16. The Hall–Kier alpha value is -2.04. The fourth-order valence-electron chi connectivity index (χ4n) is 2.24. The van der Waals surface area contributed by atoms with Crippen molar-refractivity contribution in [1.82, 2.24) is 10.2 Å². The van der Waals surface area contributed by atoms with Gasteiger partial charge in [0.1, 0.15) is 5.75 Å². The molecule has 24 heavy (non-hydrogen) atoms. The molecule has 0 radical (unpaired) electrons. The van der Waals surface area contributed by atoms with Crippen molar-refractivity contribution >= 4 is 17.5 Å². The Morgan fingerprint density at radius 2 is 1.75 bits per heavy atom. The molecule has 0 aliphatic carbocycles. The first kappa shape index (κ1) is 18.3. The minimum absolute atomic E-state index is 0.174. The molecule has 2 rings (SSSR count). The Labute approximate surface area is 148 Å². The van der Waals surface area contributed by atoms with Gasteiger partial charge >= 0.3 is 0 Å². The van der Waals surface area contributed by atoms with Crippen molar-refractivity contribution in [2.45, 2.75) is 26.1 Å². The zero-order chi connectivity index (χ0) is 17.5. The topological polar surface area (TPSA) is 41.6 Å². The molecule has 1 atom stereocenters. The predicted octanol–water partition coefficient (Wildman–Crippen LogP) is 3.49. The van der Waals surface area contributed by atoms with Crippen LogP contribution in [0.1, 0.15) is 18.1 Å². The lowest BCUT2D eigenvalue weighted by atomic mass is 10.1. The molecule has 1 N–H and O–H groups in total. The van der Waals surface area contributed by atoms with Gasteiger partial charge < -0.3 is 15.0 Å². The van der Waals surface area contributed by atoms with Crippen molar-refractivity contribution in [3.05, 3.63) is 64.7 Å². The zero-order valence-electron chi connectivity index (χ0n) is 14.3. The van der Waals surface area contributed by atoms with Crippen LogP contribution in [0.25, 0.3) is 0 Å². The van der Waals surface area contributed by atoms with Crippen LogP contribution >= 0.6 is 11.6 Å². The molecule has 0 spiro atoms. The highest BCUT2D eigenvalue weighted by Gasteiger charge is 2.15. The van der Waals surface area contributed by atoms with E-state index < -0.39 is 6.10 Å². The number of nitrogens with one attached hydrogen (secondary N) is 1. The predicted molar refractivity (Wildman–Crippen MR) is 97.2 cm³/mol. The van der Waals surface area contributed by atoms with E-state index in [2.05, 4.69) is 22.3 Å². The molecule has 0 aromatic heterocycles. The van der Waals surface area contributed by atoms with E-state index >= 15 is 0 Å². The molecule has 0 fully saturated rings. The van der Waals surface area contributed by atoms with Crippen LogP contribution in [-0.4, -0.2) is 31.0 Å². The molecule has 4 nitrogen and oxygen atoms in total. The number of amides is 1. The van der Waals surface area contributed by atoms with Gasteiger partial charge in [0.05, 0.1) is 5.02 Å². The normalized spacial score (nSPS) is 12.0. The molecule has 0 unspecified atom stereocenters. The maximum atomic E-state index is 12.2. The molecule has 2 aromatic rings. The molecule has 0 saturated carbocycles. The monoisotopic (exact) mass is 346 g/mol. The smallest absolute Gasteiger partial charge is 0.261 e. The van der Waals surface area contributed by atoms with E-state index in [1.165, 1.54) is 5.56 Å². The summed E-state index contributed by atoms with van der Waals surface area (Å²) in [7, 11) is 4.07. The second-order valence-corrected chi connectivity index (χ2v) is 6.37. The van der Waals surface area contributed by atoms with Gasteiger partial charge in [-0.15, -0.1) is 0 Å². The van der Waals surface area contributed by atoms with Gasteiger partial charge in [-0.25, -0.2) is 0 Å². The Morgan fingerprint density at radius 3 is 2.38 bits per heavy atom. The van der Waals surface area contributed by atoms with Crippen LogP contribution in [0.15, 0.2) is 48.5 Å². The third kappa shape index (κ3) is 5.55. The average molecular weight is 347 g/mol. The summed E-state index contributed by atoms with van der Waals surface area (Å²) in [6, 6.07) is 15.3. The van der Waals surface area contributed by atoms with Gasteiger partial charge in [0.2, 0.25) is 0 Å². The second-order valence-electron chi connectivity index (χ2n) is 5.96. The number of halogens is 1. The van der Waals surface area contributed by atoms with E-state index in [0.29, 0.717) is 17.3 Å². The minimum Gasteiger partial charge on any atom is -0.479 e. The van der Waals surface area contributed by atoms with Crippen molar-refractivity contribution in [3.63, 3.8) is 0 Å². The quantitative estimate of drug-likeness (QED) is 0.834. The molecule has 128 valence electrons. The highest BCUT2D eigenvalue weighted by Crippen LogP contribution is 2.24. The van der Waals surface area contributed by atoms with E-state index in [1.54, 1.807) is 19.1 Å². The summed E-state index contributed by atoms with van der Waals surface area (Å²) in [4.78, 5) is 14.3. The molecule has 0 saturated heterocycles. The molecule has 2 aromatic carbocycles. The number of carbonyl (C=O) groups is 1. The second kappa shape index (κ2) is 8.71. The first-order chi connectivity index (χ1) is 11.5. The van der Waals surface area contributed by atoms with Crippen LogP contribution in [0.3, 0.4) is 0 Å². The summed E-state index contributed by atoms with van der Waals surface area (Å²) < 4.78 is 5.61. The lowest BCUT2D eigenvalue weighted by molar-refractivity contribution is -0.127. The van der Waals surface area contributed by atoms with Crippen LogP contribution in [-0.2, 0) is 17.9 Å². The molecule has 0 heterocycles. The average Bonchev–Trinajstić information content (AvgIpc) is 2.55. The zero-order valence-corrected chi connectivity index (χ0v) is 15.0. The molecular weight excluding hydrogens is 324 g/mol. The van der Waals surface area contributed by atoms with E-state index in [0.717, 1.165) is 12.1 Å². The molecule has 0 aliphatic rings. The van der Waals surface area contributed by atoms with E-state index in [-0.39, 0.29) is 5.91 Å². The fraction of sp³-hybridized carbons (Fsp3) is 0.316. The number of hydrogen-bond acceptors (Lipinski definition) is 3. The van der Waals surface area contributed by atoms with Gasteiger partial charge in [-0.05, 0) is 44.3 Å². The largest absolute Gasteiger partial charge is 0.479 e. The number of hydrogen-bond donors (Lipinski definition) is 1. The first-order valence-corrected chi connectivity index (χ1v) is 8.25. The van der Waals surface area contributed by atoms with E-state index in [9.17, 15) is 4.79 Å². The number of ether oxygens (including phenoxy) is 1. The van der Waals surface area contributed by atoms with Crippen LogP contribution < -0.4 is 10.1 Å². The molecular formula is C19H23ClN2O2. The van der Waals surface area contributed by atoms with Crippen molar-refractivity contribution in [2.75, 3.05) is 14.1 Å². The summed E-state index contributed by atoms with van der Waals surface area (Å²) >= 11 is 6.04. The summed E-state index contributed by atoms with van der Waals surface area (Å²) in [6.45, 7) is 3.07. The van der Waals surface area contributed by atoms with Gasteiger partial charge in [0.25, 0.3) is 5.91 Å². The fourth-order valence-corrected chi connectivity index (χ4v) is 2.43. The molecule has 0 aliphatic heterocycles. The van der Waals surface area contributed by atoms with Gasteiger partial charge in [-0.1, -0.05) is 48.0 Å². The van der Waals surface area contributed by atoms with Crippen LogP contribution in [0, 0.1) is 0 Å². The van der Waals surface area contributed by atoms with Gasteiger partial charge in [0.15, 0.2) is 6.10 Å². The van der Waals surface area contributed by atoms with Gasteiger partial charge in [-0.2, -0.15) is 0 Å². The van der Waals surface area contributed by atoms with Crippen molar-refractivity contribution in [2.24, 2.45) is 0 Å². The molecule has 0 bridgehead atoms. The Kier molecular flexibility index (Phi) is 6.64. The maximum absolute atomic E-state index is 12.2. The van der Waals surface area contributed by atoms with Crippen LogP contribution in [0.2, 0.25) is 5.02 Å². The third-order valence-electron chi connectivity index (χ3n) is 3.50. The van der Waals surface area contributed by atoms with Crippen molar-refractivity contribution in [1.29, 1.82) is 0 Å². The van der Waals surface area contributed by atoms with E-state index in [1.807, 2.05) is 38.4 Å². The summed E-state index contributed by atoms with van der Waals surface area (Å²) in [5.41, 5.74) is 2.29. The summed E-state index contributed by atoms with van der Waals surface area (Å²) in [5, 5.41) is 3.38. The Bertz CT molecular complexity index is 671. The molecule has 5 heteroatoms. The van der Waals surface area contributed by atoms with Crippen molar-refractivity contribution in [3.8, 4) is 5.75 Å². The Balaban J connectivity index is 1.85. The third-order valence-corrected chi connectivity index (χ3v) is 3.81. The van der Waals surface area contributed by atoms with E-state index in [4.69, 9.17) is 16.3 Å². The number of para-hydroxylation sites is 1. The van der Waals surface area contributed by atoms with Gasteiger partial charge in [-0.3, -0.25) is 4.79 Å². The van der Waals surface area contributed by atoms with Crippen LogP contribution in [0.4, 0.5) is 0 Å². The standard InChI is InChI=1S/C19H23ClN2O2/c1-14(24-18-7-5-4-6-17(18)20)19(23)21-12-15-8-10-16(11-9-15)13-22(2)3/h4-11,14H,12-13H2,1-3H3,(H,21,23)/t14-/m1/s1. The highest BCUT2D eigenvalue weighted by atomic mass is 35.5. The number of nitrogens with zero attached hydrogens (tertiary/aromatic N) is 1.